The van der Waals surface area contributed by atoms with Crippen molar-refractivity contribution < 1.29 is 4.42 Å². The number of para-hydroxylation sites is 3. The molecular formula is C46H28N2O. The number of hydrogen-bond acceptors (Lipinski definition) is 2. The second-order valence-corrected chi connectivity index (χ2v) is 13.1. The smallest absolute Gasteiger partial charge is 0.145 e. The molecule has 228 valence electrons. The Labute approximate surface area is 283 Å². The minimum Gasteiger partial charge on any atom is -0.456 e. The SMILES string of the molecule is c1ccc(-c2ccc(-n3c(-c4ccc5c(c4)-c4ccccc4C54c5ccccc5-c5oc6ccccc6c54)nc4ccccc43)cc2)cc1. The molecule has 1 unspecified atom stereocenters. The molecule has 0 bridgehead atoms. The summed E-state index contributed by atoms with van der Waals surface area (Å²) in [4.78, 5) is 5.26. The highest BCUT2D eigenvalue weighted by Gasteiger charge is 2.54. The van der Waals surface area contributed by atoms with Gasteiger partial charge in [0.25, 0.3) is 0 Å². The first-order valence-electron chi connectivity index (χ1n) is 16.8. The van der Waals surface area contributed by atoms with Crippen molar-refractivity contribution in [1.82, 2.24) is 9.55 Å². The van der Waals surface area contributed by atoms with Gasteiger partial charge in [0, 0.05) is 27.8 Å². The maximum Gasteiger partial charge on any atom is 0.145 e. The van der Waals surface area contributed by atoms with E-state index in [9.17, 15) is 0 Å². The van der Waals surface area contributed by atoms with Crippen LogP contribution in [0.25, 0.3) is 72.7 Å². The fourth-order valence-electron chi connectivity index (χ4n) is 8.65. The van der Waals surface area contributed by atoms with E-state index in [2.05, 4.69) is 174 Å². The molecule has 3 heteroatoms. The van der Waals surface area contributed by atoms with Crippen LogP contribution in [0.3, 0.4) is 0 Å². The molecule has 2 aromatic heterocycles. The molecule has 2 aliphatic carbocycles. The van der Waals surface area contributed by atoms with Crippen LogP contribution in [0, 0.1) is 0 Å². The summed E-state index contributed by atoms with van der Waals surface area (Å²) >= 11 is 0. The molecule has 0 saturated heterocycles. The Kier molecular flexibility index (Phi) is 5.31. The summed E-state index contributed by atoms with van der Waals surface area (Å²) in [5, 5.41) is 1.17. The zero-order valence-electron chi connectivity index (χ0n) is 26.5. The van der Waals surface area contributed by atoms with Crippen molar-refractivity contribution in [2.45, 2.75) is 5.41 Å². The van der Waals surface area contributed by atoms with Crippen LogP contribution in [-0.4, -0.2) is 9.55 Å². The lowest BCUT2D eigenvalue weighted by atomic mass is 9.70. The molecule has 2 heterocycles. The summed E-state index contributed by atoms with van der Waals surface area (Å²) in [6.07, 6.45) is 0. The van der Waals surface area contributed by atoms with Crippen LogP contribution in [0.5, 0.6) is 0 Å². The lowest BCUT2D eigenvalue weighted by Gasteiger charge is -2.29. The Hall–Kier alpha value is -6.45. The van der Waals surface area contributed by atoms with Gasteiger partial charge in [0.1, 0.15) is 17.2 Å². The number of hydrogen-bond donors (Lipinski definition) is 0. The summed E-state index contributed by atoms with van der Waals surface area (Å²) < 4.78 is 8.97. The van der Waals surface area contributed by atoms with Crippen LogP contribution in [0.2, 0.25) is 0 Å². The topological polar surface area (TPSA) is 31.0 Å². The molecule has 3 nitrogen and oxygen atoms in total. The van der Waals surface area contributed by atoms with Crippen molar-refractivity contribution in [2.24, 2.45) is 0 Å². The molecule has 0 aliphatic heterocycles. The highest BCUT2D eigenvalue weighted by atomic mass is 16.3. The lowest BCUT2D eigenvalue weighted by Crippen LogP contribution is -2.25. The maximum absolute atomic E-state index is 6.67. The highest BCUT2D eigenvalue weighted by Crippen LogP contribution is 2.65. The second-order valence-electron chi connectivity index (χ2n) is 13.1. The van der Waals surface area contributed by atoms with Crippen molar-refractivity contribution in [3.8, 4) is 50.7 Å². The highest BCUT2D eigenvalue weighted by molar-refractivity contribution is 6.02. The van der Waals surface area contributed by atoms with E-state index >= 15 is 0 Å². The summed E-state index contributed by atoms with van der Waals surface area (Å²) in [5.41, 5.74) is 15.8. The van der Waals surface area contributed by atoms with Gasteiger partial charge in [-0.25, -0.2) is 4.98 Å². The van der Waals surface area contributed by atoms with E-state index in [1.807, 2.05) is 0 Å². The Morgan fingerprint density at radius 1 is 0.490 bits per heavy atom. The minimum absolute atomic E-state index is 0.476. The van der Waals surface area contributed by atoms with Crippen LogP contribution in [-0.2, 0) is 5.41 Å². The fraction of sp³-hybridized carbons (Fsp3) is 0.0217. The first-order valence-corrected chi connectivity index (χ1v) is 16.8. The quantitative estimate of drug-likeness (QED) is 0.196. The molecule has 1 spiro atoms. The maximum atomic E-state index is 6.67. The summed E-state index contributed by atoms with van der Waals surface area (Å²) in [5.74, 6) is 1.90. The Balaban J connectivity index is 1.15. The number of fused-ring (bicyclic) bond motifs is 13. The van der Waals surface area contributed by atoms with E-state index in [0.29, 0.717) is 0 Å². The molecule has 0 saturated carbocycles. The van der Waals surface area contributed by atoms with E-state index in [-0.39, 0.29) is 0 Å². The van der Waals surface area contributed by atoms with E-state index in [1.54, 1.807) is 0 Å². The van der Waals surface area contributed by atoms with Gasteiger partial charge < -0.3 is 4.42 Å². The van der Waals surface area contributed by atoms with Gasteiger partial charge in [0.05, 0.1) is 16.4 Å². The van der Waals surface area contributed by atoms with Gasteiger partial charge in [-0.2, -0.15) is 0 Å². The van der Waals surface area contributed by atoms with Crippen molar-refractivity contribution in [1.29, 1.82) is 0 Å². The average molecular weight is 625 g/mol. The van der Waals surface area contributed by atoms with Gasteiger partial charge in [-0.05, 0) is 75.3 Å². The average Bonchev–Trinajstić information content (AvgIpc) is 3.90. The van der Waals surface area contributed by atoms with Crippen LogP contribution in [0.1, 0.15) is 22.3 Å². The molecule has 7 aromatic carbocycles. The Morgan fingerprint density at radius 2 is 1.12 bits per heavy atom. The molecule has 0 amide bonds. The van der Waals surface area contributed by atoms with Gasteiger partial charge in [0.2, 0.25) is 0 Å². The third-order valence-corrected chi connectivity index (χ3v) is 10.6. The van der Waals surface area contributed by atoms with Crippen LogP contribution in [0.15, 0.2) is 174 Å². The number of aromatic nitrogens is 2. The predicted octanol–water partition coefficient (Wildman–Crippen LogP) is 11.4. The van der Waals surface area contributed by atoms with Crippen LogP contribution < -0.4 is 0 Å². The largest absolute Gasteiger partial charge is 0.456 e. The molecule has 2 aliphatic rings. The first kappa shape index (κ1) is 26.6. The van der Waals surface area contributed by atoms with E-state index < -0.39 is 5.41 Å². The van der Waals surface area contributed by atoms with E-state index in [1.165, 1.54) is 55.5 Å². The molecule has 0 fully saturated rings. The predicted molar refractivity (Wildman–Crippen MR) is 198 cm³/mol. The zero-order valence-corrected chi connectivity index (χ0v) is 26.5. The van der Waals surface area contributed by atoms with Crippen LogP contribution >= 0.6 is 0 Å². The van der Waals surface area contributed by atoms with Crippen LogP contribution in [0.4, 0.5) is 0 Å². The van der Waals surface area contributed by atoms with E-state index in [4.69, 9.17) is 9.40 Å². The summed E-state index contributed by atoms with van der Waals surface area (Å²) in [6.45, 7) is 0. The number of rotatable bonds is 3. The third-order valence-electron chi connectivity index (χ3n) is 10.6. The Bertz CT molecular complexity index is 2770. The van der Waals surface area contributed by atoms with Crippen molar-refractivity contribution >= 4 is 22.0 Å². The van der Waals surface area contributed by atoms with Gasteiger partial charge >= 0.3 is 0 Å². The lowest BCUT2D eigenvalue weighted by molar-refractivity contribution is 0.628. The molecule has 49 heavy (non-hydrogen) atoms. The molecule has 1 atom stereocenters. The molecule has 0 radical (unpaired) electrons. The third kappa shape index (κ3) is 3.49. The normalized spacial score (nSPS) is 15.4. The number of nitrogens with zero attached hydrogens (tertiary/aromatic N) is 2. The molecule has 11 rings (SSSR count). The minimum atomic E-state index is -0.476. The fourth-order valence-corrected chi connectivity index (χ4v) is 8.65. The molecular weight excluding hydrogens is 597 g/mol. The van der Waals surface area contributed by atoms with Gasteiger partial charge in [-0.3, -0.25) is 4.57 Å². The van der Waals surface area contributed by atoms with Crippen molar-refractivity contribution in [3.63, 3.8) is 0 Å². The molecule has 0 N–H and O–H groups in total. The number of benzene rings is 7. The monoisotopic (exact) mass is 624 g/mol. The number of furan rings is 1. The standard InChI is InChI=1S/C46H28N2O/c1-2-12-29(13-3-1)30-22-25-32(26-23-30)48-41-20-10-9-19-40(41)47-45(48)31-24-27-39-36(28-31)33-14-4-7-17-37(33)46(39)38-18-8-5-15-34(38)44-43(46)35-16-6-11-21-42(35)49-44/h1-28H. The second kappa shape index (κ2) is 9.79. The zero-order chi connectivity index (χ0) is 32.1. The first-order chi connectivity index (χ1) is 24.3. The number of imidazole rings is 1. The molecule has 9 aromatic rings. The van der Waals surface area contributed by atoms with Crippen molar-refractivity contribution in [2.75, 3.05) is 0 Å². The summed E-state index contributed by atoms with van der Waals surface area (Å²) in [7, 11) is 0. The van der Waals surface area contributed by atoms with Gasteiger partial charge in [0.15, 0.2) is 0 Å². The van der Waals surface area contributed by atoms with Crippen molar-refractivity contribution in [3.05, 3.63) is 192 Å². The van der Waals surface area contributed by atoms with Gasteiger partial charge in [-0.1, -0.05) is 133 Å². The Morgan fingerprint density at radius 3 is 1.98 bits per heavy atom. The van der Waals surface area contributed by atoms with Gasteiger partial charge in [-0.15, -0.1) is 0 Å². The summed E-state index contributed by atoms with van der Waals surface area (Å²) in [6, 6.07) is 61.0. The van der Waals surface area contributed by atoms with E-state index in [0.717, 1.165) is 39.5 Å².